The van der Waals surface area contributed by atoms with Crippen molar-refractivity contribution in [2.24, 2.45) is 0 Å². The highest BCUT2D eigenvalue weighted by Crippen LogP contribution is 2.32. The number of fused-ring (bicyclic) bond motifs is 3. The van der Waals surface area contributed by atoms with Gasteiger partial charge in [0.2, 0.25) is 0 Å². The molecule has 2 atom stereocenters. The summed E-state index contributed by atoms with van der Waals surface area (Å²) in [4.78, 5) is 2.22. The third-order valence-electron chi connectivity index (χ3n) is 4.69. The Morgan fingerprint density at radius 2 is 2.35 bits per heavy atom. The van der Waals surface area contributed by atoms with Crippen LogP contribution in [0.4, 0.5) is 4.39 Å². The van der Waals surface area contributed by atoms with E-state index >= 15 is 0 Å². The van der Waals surface area contributed by atoms with Gasteiger partial charge in [-0.2, -0.15) is 0 Å². The number of likely N-dealkylation sites (tertiary alicyclic amines) is 1. The van der Waals surface area contributed by atoms with Crippen LogP contribution in [0.1, 0.15) is 23.7 Å². The zero-order valence-corrected chi connectivity index (χ0v) is 13.0. The van der Waals surface area contributed by atoms with Crippen molar-refractivity contribution in [1.29, 1.82) is 0 Å². The van der Waals surface area contributed by atoms with Gasteiger partial charge in [-0.05, 0) is 18.6 Å². The standard InChI is InChI=1S/C16H19FN4O2/c1-22-15-4-2-3-13(17)12(15)8-20-6-5-16-14(9-20)21-11(10-23-16)7-18-19-21/h2-4,7,14,16H,5-6,8-10H2,1H3/t14-,16+/m0/s1. The van der Waals surface area contributed by atoms with Crippen LogP contribution in [0, 0.1) is 5.82 Å². The maximum absolute atomic E-state index is 14.2. The van der Waals surface area contributed by atoms with E-state index in [1.54, 1.807) is 25.4 Å². The van der Waals surface area contributed by atoms with E-state index < -0.39 is 0 Å². The van der Waals surface area contributed by atoms with Gasteiger partial charge in [-0.1, -0.05) is 11.3 Å². The van der Waals surface area contributed by atoms with Crippen molar-refractivity contribution >= 4 is 0 Å². The minimum absolute atomic E-state index is 0.132. The first-order valence-electron chi connectivity index (χ1n) is 7.80. The second-order valence-electron chi connectivity index (χ2n) is 6.03. The van der Waals surface area contributed by atoms with Crippen molar-refractivity contribution in [2.45, 2.75) is 31.7 Å². The Balaban J connectivity index is 1.55. The largest absolute Gasteiger partial charge is 0.496 e. The summed E-state index contributed by atoms with van der Waals surface area (Å²) in [5.74, 6) is 0.362. The van der Waals surface area contributed by atoms with Gasteiger partial charge >= 0.3 is 0 Å². The second-order valence-corrected chi connectivity index (χ2v) is 6.03. The molecule has 7 heteroatoms. The van der Waals surface area contributed by atoms with Gasteiger partial charge in [-0.25, -0.2) is 9.07 Å². The Morgan fingerprint density at radius 3 is 3.22 bits per heavy atom. The number of nitrogens with zero attached hydrogens (tertiary/aromatic N) is 4. The molecule has 0 spiro atoms. The molecule has 2 aromatic rings. The summed E-state index contributed by atoms with van der Waals surface area (Å²) in [6.07, 6.45) is 2.80. The molecular weight excluding hydrogens is 299 g/mol. The van der Waals surface area contributed by atoms with Crippen LogP contribution in [0.5, 0.6) is 5.75 Å². The zero-order chi connectivity index (χ0) is 15.8. The van der Waals surface area contributed by atoms with Crippen LogP contribution in [0.15, 0.2) is 24.4 Å². The van der Waals surface area contributed by atoms with Crippen molar-refractivity contribution in [3.05, 3.63) is 41.5 Å². The summed E-state index contributed by atoms with van der Waals surface area (Å²) < 4.78 is 27.3. The van der Waals surface area contributed by atoms with Gasteiger partial charge in [-0.15, -0.1) is 5.10 Å². The second kappa shape index (κ2) is 5.90. The molecule has 0 unspecified atom stereocenters. The highest BCUT2D eigenvalue weighted by molar-refractivity contribution is 5.34. The van der Waals surface area contributed by atoms with E-state index in [4.69, 9.17) is 9.47 Å². The Hall–Kier alpha value is -1.99. The SMILES string of the molecule is COc1cccc(F)c1CN1CC[C@H]2OCc3cnnn3[C@H]2C1. The average Bonchev–Trinajstić information content (AvgIpc) is 3.06. The molecule has 0 aliphatic carbocycles. The summed E-state index contributed by atoms with van der Waals surface area (Å²) in [6.45, 7) is 2.71. The molecule has 6 nitrogen and oxygen atoms in total. The molecule has 0 amide bonds. The van der Waals surface area contributed by atoms with Crippen molar-refractivity contribution in [3.63, 3.8) is 0 Å². The minimum atomic E-state index is -0.229. The molecule has 2 aliphatic rings. The lowest BCUT2D eigenvalue weighted by Crippen LogP contribution is -2.47. The van der Waals surface area contributed by atoms with E-state index in [2.05, 4.69) is 15.2 Å². The molecule has 23 heavy (non-hydrogen) atoms. The van der Waals surface area contributed by atoms with Crippen molar-refractivity contribution < 1.29 is 13.9 Å². The van der Waals surface area contributed by atoms with Gasteiger partial charge < -0.3 is 9.47 Å². The quantitative estimate of drug-likeness (QED) is 0.863. The van der Waals surface area contributed by atoms with Crippen LogP contribution >= 0.6 is 0 Å². The van der Waals surface area contributed by atoms with E-state index in [9.17, 15) is 4.39 Å². The summed E-state index contributed by atoms with van der Waals surface area (Å²) in [6, 6.07) is 5.07. The van der Waals surface area contributed by atoms with Crippen LogP contribution in [0.2, 0.25) is 0 Å². The first-order chi connectivity index (χ1) is 11.3. The Labute approximate surface area is 133 Å². The van der Waals surface area contributed by atoms with Crippen LogP contribution in [-0.2, 0) is 17.9 Å². The predicted molar refractivity (Wildman–Crippen MR) is 80.5 cm³/mol. The number of piperidine rings is 1. The third kappa shape index (κ3) is 2.60. The minimum Gasteiger partial charge on any atom is -0.496 e. The van der Waals surface area contributed by atoms with Crippen LogP contribution in [0.25, 0.3) is 0 Å². The molecule has 2 aliphatic heterocycles. The molecule has 0 bridgehead atoms. The Bertz CT molecular complexity index is 705. The smallest absolute Gasteiger partial charge is 0.131 e. The molecule has 1 fully saturated rings. The summed E-state index contributed by atoms with van der Waals surface area (Å²) in [5, 5.41) is 8.17. The van der Waals surface area contributed by atoms with Gasteiger partial charge in [0.15, 0.2) is 0 Å². The highest BCUT2D eigenvalue weighted by Gasteiger charge is 2.36. The maximum Gasteiger partial charge on any atom is 0.131 e. The summed E-state index contributed by atoms with van der Waals surface area (Å²) >= 11 is 0. The predicted octanol–water partition coefficient (Wildman–Crippen LogP) is 1.77. The Kier molecular flexibility index (Phi) is 3.74. The molecule has 1 saturated heterocycles. The normalized spacial score (nSPS) is 24.1. The number of benzene rings is 1. The monoisotopic (exact) mass is 318 g/mol. The summed E-state index contributed by atoms with van der Waals surface area (Å²) in [5.41, 5.74) is 1.60. The van der Waals surface area contributed by atoms with Gasteiger partial charge in [0.25, 0.3) is 0 Å². The van der Waals surface area contributed by atoms with Crippen molar-refractivity contribution in [1.82, 2.24) is 19.9 Å². The van der Waals surface area contributed by atoms with E-state index in [1.807, 2.05) is 4.68 Å². The first kappa shape index (κ1) is 14.6. The first-order valence-corrected chi connectivity index (χ1v) is 7.80. The number of hydrogen-bond acceptors (Lipinski definition) is 5. The Morgan fingerprint density at radius 1 is 1.43 bits per heavy atom. The number of hydrogen-bond donors (Lipinski definition) is 0. The lowest BCUT2D eigenvalue weighted by atomic mass is 9.99. The lowest BCUT2D eigenvalue weighted by molar-refractivity contribution is -0.0671. The van der Waals surface area contributed by atoms with Crippen LogP contribution in [-0.4, -0.2) is 46.2 Å². The zero-order valence-electron chi connectivity index (χ0n) is 13.0. The highest BCUT2D eigenvalue weighted by atomic mass is 19.1. The van der Waals surface area contributed by atoms with Gasteiger partial charge in [-0.3, -0.25) is 4.90 Å². The molecule has 1 aromatic carbocycles. The molecule has 0 radical (unpaired) electrons. The van der Waals surface area contributed by atoms with Crippen molar-refractivity contribution in [2.75, 3.05) is 20.2 Å². The van der Waals surface area contributed by atoms with Crippen LogP contribution < -0.4 is 4.74 Å². The van der Waals surface area contributed by atoms with Crippen LogP contribution in [0.3, 0.4) is 0 Å². The van der Waals surface area contributed by atoms with E-state index in [0.29, 0.717) is 24.5 Å². The number of rotatable bonds is 3. The number of methoxy groups -OCH3 is 1. The number of halogens is 1. The lowest BCUT2D eigenvalue weighted by Gasteiger charge is -2.41. The molecule has 0 N–H and O–H groups in total. The fourth-order valence-corrected chi connectivity index (χ4v) is 3.50. The third-order valence-corrected chi connectivity index (χ3v) is 4.69. The maximum atomic E-state index is 14.2. The number of aromatic nitrogens is 3. The van der Waals surface area contributed by atoms with E-state index in [1.165, 1.54) is 6.07 Å². The number of ether oxygens (including phenoxy) is 2. The fourth-order valence-electron chi connectivity index (χ4n) is 3.50. The molecule has 1 aromatic heterocycles. The van der Waals surface area contributed by atoms with Crippen molar-refractivity contribution in [3.8, 4) is 5.75 Å². The van der Waals surface area contributed by atoms with Gasteiger partial charge in [0.1, 0.15) is 11.6 Å². The van der Waals surface area contributed by atoms with Gasteiger partial charge in [0, 0.05) is 25.2 Å². The fraction of sp³-hybridized carbons (Fsp3) is 0.500. The average molecular weight is 318 g/mol. The molecule has 0 saturated carbocycles. The molecule has 122 valence electrons. The van der Waals surface area contributed by atoms with Gasteiger partial charge in [0.05, 0.1) is 37.8 Å². The molecular formula is C16H19FN4O2. The van der Waals surface area contributed by atoms with E-state index in [0.717, 1.165) is 25.2 Å². The molecule has 4 rings (SSSR count). The van der Waals surface area contributed by atoms with E-state index in [-0.39, 0.29) is 18.0 Å². The molecule has 3 heterocycles. The summed E-state index contributed by atoms with van der Waals surface area (Å²) in [7, 11) is 1.57. The topological polar surface area (TPSA) is 52.4 Å².